The van der Waals surface area contributed by atoms with Crippen molar-refractivity contribution in [2.45, 2.75) is 6.54 Å². The molecule has 0 aliphatic carbocycles. The highest BCUT2D eigenvalue weighted by molar-refractivity contribution is 7.89. The maximum Gasteiger partial charge on any atom is 0.217 e. The summed E-state index contributed by atoms with van der Waals surface area (Å²) in [5, 5.41) is 8.16. The van der Waals surface area contributed by atoms with E-state index in [-0.39, 0.29) is 12.3 Å². The normalized spacial score (nSPS) is 17.3. The van der Waals surface area contributed by atoms with Crippen LogP contribution in [0.2, 0.25) is 0 Å². The van der Waals surface area contributed by atoms with Crippen molar-refractivity contribution in [3.8, 4) is 11.4 Å². The van der Waals surface area contributed by atoms with E-state index in [2.05, 4.69) is 20.0 Å². The van der Waals surface area contributed by atoms with Gasteiger partial charge in [-0.15, -0.1) is 11.3 Å². The second kappa shape index (κ2) is 11.2. The molecular formula is C26H31N7O4S2. The van der Waals surface area contributed by atoms with Gasteiger partial charge in [0, 0.05) is 55.6 Å². The van der Waals surface area contributed by atoms with Crippen LogP contribution >= 0.6 is 11.3 Å². The van der Waals surface area contributed by atoms with E-state index in [4.69, 9.17) is 19.4 Å². The van der Waals surface area contributed by atoms with Crippen molar-refractivity contribution in [2.75, 3.05) is 70.3 Å². The third kappa shape index (κ3) is 5.63. The number of nitrogens with one attached hydrogen (secondary N) is 1. The summed E-state index contributed by atoms with van der Waals surface area (Å²) in [7, 11) is -1.85. The third-order valence-corrected chi connectivity index (χ3v) is 9.76. The number of thiophene rings is 1. The first-order valence-electron chi connectivity index (χ1n) is 13.0. The second-order valence-electron chi connectivity index (χ2n) is 9.60. The fourth-order valence-corrected chi connectivity index (χ4v) is 6.97. The van der Waals surface area contributed by atoms with Gasteiger partial charge in [-0.2, -0.15) is 9.40 Å². The standard InChI is InChI=1S/C26H31N7O4S2/c1-31(39(34,35)15-3-6-32-7-11-36-12-8-32)18-19-16-23-24(38-19)26(33-9-13-37-14-10-33)29-25(28-23)20-4-2-5-22-21(20)17-27-30-22/h2-6,16-17H,7-15,18H2,1H3,(H,27,30)/b6-3+. The first-order valence-corrected chi connectivity index (χ1v) is 15.4. The minimum absolute atomic E-state index is 0.0521. The molecule has 0 bridgehead atoms. The monoisotopic (exact) mass is 569 g/mol. The number of ether oxygens (including phenoxy) is 2. The van der Waals surface area contributed by atoms with Crippen LogP contribution in [0.3, 0.4) is 0 Å². The van der Waals surface area contributed by atoms with E-state index in [1.54, 1.807) is 30.7 Å². The van der Waals surface area contributed by atoms with Gasteiger partial charge < -0.3 is 19.3 Å². The van der Waals surface area contributed by atoms with Gasteiger partial charge in [0.1, 0.15) is 0 Å². The number of fused-ring (bicyclic) bond motifs is 2. The SMILES string of the molecule is CN(Cc1cc2nc(-c3cccc4[nH]ncc34)nc(N3CCOCC3)c2s1)S(=O)(=O)C/C=C/N1CCOCC1. The number of anilines is 1. The zero-order chi connectivity index (χ0) is 26.8. The predicted octanol–water partition coefficient (Wildman–Crippen LogP) is 2.68. The van der Waals surface area contributed by atoms with Crippen LogP contribution in [-0.4, -0.2) is 103 Å². The molecule has 3 aromatic heterocycles. The lowest BCUT2D eigenvalue weighted by Crippen LogP contribution is -2.36. The number of aromatic nitrogens is 4. The molecule has 2 aliphatic rings. The van der Waals surface area contributed by atoms with Crippen LogP contribution in [0.4, 0.5) is 5.82 Å². The van der Waals surface area contributed by atoms with E-state index >= 15 is 0 Å². The summed E-state index contributed by atoms with van der Waals surface area (Å²) in [5.74, 6) is 1.42. The van der Waals surface area contributed by atoms with E-state index in [9.17, 15) is 8.42 Å². The van der Waals surface area contributed by atoms with Gasteiger partial charge in [-0.3, -0.25) is 5.10 Å². The van der Waals surface area contributed by atoms with Gasteiger partial charge in [0.05, 0.1) is 54.1 Å². The van der Waals surface area contributed by atoms with E-state index in [1.807, 2.05) is 30.5 Å². The van der Waals surface area contributed by atoms with Gasteiger partial charge in [-0.05, 0) is 18.3 Å². The molecule has 2 aliphatic heterocycles. The molecule has 2 saturated heterocycles. The molecule has 13 heteroatoms. The van der Waals surface area contributed by atoms with Crippen LogP contribution in [0.25, 0.3) is 32.5 Å². The lowest BCUT2D eigenvalue weighted by atomic mass is 10.1. The van der Waals surface area contributed by atoms with Crippen molar-refractivity contribution < 1.29 is 17.9 Å². The minimum atomic E-state index is -3.47. The molecule has 0 amide bonds. The smallest absolute Gasteiger partial charge is 0.217 e. The summed E-state index contributed by atoms with van der Waals surface area (Å²) >= 11 is 1.55. The third-order valence-electron chi connectivity index (χ3n) is 6.96. The number of nitrogens with zero attached hydrogens (tertiary/aromatic N) is 6. The first kappa shape index (κ1) is 26.1. The number of sulfonamides is 1. The highest BCUT2D eigenvalue weighted by Crippen LogP contribution is 2.36. The van der Waals surface area contributed by atoms with E-state index in [1.165, 1.54) is 4.31 Å². The number of H-pyrrole nitrogens is 1. The molecule has 0 spiro atoms. The van der Waals surface area contributed by atoms with Gasteiger partial charge in [0.15, 0.2) is 11.6 Å². The summed E-state index contributed by atoms with van der Waals surface area (Å²) in [4.78, 5) is 15.2. The molecule has 2 fully saturated rings. The summed E-state index contributed by atoms with van der Waals surface area (Å²) in [6, 6.07) is 7.92. The lowest BCUT2D eigenvalue weighted by Gasteiger charge is -2.28. The van der Waals surface area contributed by atoms with Crippen molar-refractivity contribution in [1.82, 2.24) is 29.4 Å². The van der Waals surface area contributed by atoms with Crippen LogP contribution in [0.1, 0.15) is 4.88 Å². The fourth-order valence-electron chi connectivity index (χ4n) is 4.80. The molecule has 5 heterocycles. The number of rotatable bonds is 8. The topological polar surface area (TPSA) is 117 Å². The fraction of sp³-hybridized carbons (Fsp3) is 0.423. The molecule has 206 valence electrons. The zero-order valence-electron chi connectivity index (χ0n) is 21.7. The quantitative estimate of drug-likeness (QED) is 0.342. The average molecular weight is 570 g/mol. The van der Waals surface area contributed by atoms with Gasteiger partial charge >= 0.3 is 0 Å². The Balaban J connectivity index is 1.29. The van der Waals surface area contributed by atoms with Crippen LogP contribution in [0, 0.1) is 0 Å². The summed E-state index contributed by atoms with van der Waals surface area (Å²) < 4.78 is 39.3. The maximum atomic E-state index is 13.0. The molecular weight excluding hydrogens is 538 g/mol. The average Bonchev–Trinajstić information content (AvgIpc) is 3.60. The van der Waals surface area contributed by atoms with Crippen molar-refractivity contribution in [1.29, 1.82) is 0 Å². The Morgan fingerprint density at radius 1 is 1.10 bits per heavy atom. The number of hydrogen-bond donors (Lipinski definition) is 1. The summed E-state index contributed by atoms with van der Waals surface area (Å²) in [6.45, 7) is 5.88. The predicted molar refractivity (Wildman–Crippen MR) is 152 cm³/mol. The largest absolute Gasteiger partial charge is 0.378 e. The van der Waals surface area contributed by atoms with Crippen molar-refractivity contribution in [3.05, 3.63) is 47.6 Å². The molecule has 0 radical (unpaired) electrons. The van der Waals surface area contributed by atoms with Gasteiger partial charge in [0.25, 0.3) is 0 Å². The van der Waals surface area contributed by atoms with E-state index in [0.29, 0.717) is 32.3 Å². The van der Waals surface area contributed by atoms with Crippen LogP contribution in [0.15, 0.2) is 42.7 Å². The molecule has 0 saturated carbocycles. The van der Waals surface area contributed by atoms with Crippen molar-refractivity contribution >= 4 is 48.3 Å². The Morgan fingerprint density at radius 2 is 1.87 bits per heavy atom. The molecule has 6 rings (SSSR count). The molecule has 4 aromatic rings. The van der Waals surface area contributed by atoms with E-state index < -0.39 is 10.0 Å². The number of benzene rings is 1. The Morgan fingerprint density at radius 3 is 2.67 bits per heavy atom. The number of hydrogen-bond acceptors (Lipinski definition) is 10. The summed E-state index contributed by atoms with van der Waals surface area (Å²) in [6.07, 6.45) is 5.37. The Bertz CT molecular complexity index is 1590. The molecule has 1 N–H and O–H groups in total. The van der Waals surface area contributed by atoms with E-state index in [0.717, 1.165) is 63.6 Å². The van der Waals surface area contributed by atoms with Crippen LogP contribution in [-0.2, 0) is 26.0 Å². The number of morpholine rings is 2. The van der Waals surface area contributed by atoms with Crippen molar-refractivity contribution in [3.63, 3.8) is 0 Å². The summed E-state index contributed by atoms with van der Waals surface area (Å²) in [5.41, 5.74) is 2.63. The molecule has 39 heavy (non-hydrogen) atoms. The highest BCUT2D eigenvalue weighted by atomic mass is 32.2. The van der Waals surface area contributed by atoms with Gasteiger partial charge in [0.2, 0.25) is 10.0 Å². The first-order chi connectivity index (χ1) is 19.0. The molecule has 1 aromatic carbocycles. The highest BCUT2D eigenvalue weighted by Gasteiger charge is 2.23. The Kier molecular flexibility index (Phi) is 7.49. The second-order valence-corrected chi connectivity index (χ2v) is 12.9. The maximum absolute atomic E-state index is 13.0. The molecule has 11 nitrogen and oxygen atoms in total. The van der Waals surface area contributed by atoms with Gasteiger partial charge in [-0.1, -0.05) is 18.2 Å². The van der Waals surface area contributed by atoms with Crippen molar-refractivity contribution in [2.24, 2.45) is 0 Å². The van der Waals surface area contributed by atoms with Gasteiger partial charge in [-0.25, -0.2) is 18.4 Å². The lowest BCUT2D eigenvalue weighted by molar-refractivity contribution is 0.0593. The Hall–Kier alpha value is -3.10. The number of aromatic amines is 1. The molecule has 0 unspecified atom stereocenters. The molecule has 0 atom stereocenters. The van der Waals surface area contributed by atoms with Crippen LogP contribution in [0.5, 0.6) is 0 Å². The van der Waals surface area contributed by atoms with Crippen LogP contribution < -0.4 is 4.90 Å². The zero-order valence-corrected chi connectivity index (χ0v) is 23.4. The Labute approximate surface area is 231 Å². The minimum Gasteiger partial charge on any atom is -0.378 e.